The quantitative estimate of drug-likeness (QED) is 0.719. The van der Waals surface area contributed by atoms with E-state index in [1.54, 1.807) is 6.26 Å². The number of fused-ring (bicyclic) bond motifs is 1. The van der Waals surface area contributed by atoms with Gasteiger partial charge in [-0.15, -0.1) is 0 Å². The normalized spacial score (nSPS) is 11.1. The molecule has 3 heterocycles. The summed E-state index contributed by atoms with van der Waals surface area (Å²) in [6.45, 7) is 0. The van der Waals surface area contributed by atoms with Gasteiger partial charge in [0, 0.05) is 12.8 Å². The number of aromatic amines is 1. The summed E-state index contributed by atoms with van der Waals surface area (Å²) < 4.78 is 6.72. The van der Waals surface area contributed by atoms with E-state index in [2.05, 4.69) is 15.1 Å². The molecule has 3 rings (SSSR count). The number of carboxylic acid groups (broad SMARTS) is 1. The molecule has 2 N–H and O–H groups in total. The average Bonchev–Trinajstić information content (AvgIpc) is 3.01. The number of hydrogen-bond donors (Lipinski definition) is 2. The lowest BCUT2D eigenvalue weighted by atomic mass is 10.2. The second kappa shape index (κ2) is 4.02. The highest BCUT2D eigenvalue weighted by molar-refractivity contribution is 5.85. The minimum absolute atomic E-state index is 0.0219. The number of nitrogens with zero attached hydrogens (tertiary/aromatic N) is 3. The summed E-state index contributed by atoms with van der Waals surface area (Å²) in [4.78, 5) is 18.8. The second-order valence-corrected chi connectivity index (χ2v) is 3.85. The Morgan fingerprint density at radius 2 is 2.33 bits per heavy atom. The van der Waals surface area contributed by atoms with E-state index in [9.17, 15) is 4.79 Å². The zero-order chi connectivity index (χ0) is 12.5. The van der Waals surface area contributed by atoms with Crippen LogP contribution in [0.5, 0.6) is 0 Å². The standard InChI is InChI=1S/C11H10N4O3/c16-10(17)8-6-15-11(12-8)13-9(14-15)4-3-7-2-1-5-18-7/h1-2,5-6H,3-4H2,(H,16,17)(H,12,13,14). The van der Waals surface area contributed by atoms with Crippen LogP contribution in [0.3, 0.4) is 0 Å². The van der Waals surface area contributed by atoms with Crippen LogP contribution >= 0.6 is 0 Å². The molecule has 0 aliphatic heterocycles. The molecule has 0 aliphatic rings. The number of rotatable bonds is 4. The minimum Gasteiger partial charge on any atom is -0.476 e. The zero-order valence-corrected chi connectivity index (χ0v) is 9.33. The predicted octanol–water partition coefficient (Wildman–Crippen LogP) is 1.13. The van der Waals surface area contributed by atoms with E-state index in [1.165, 1.54) is 10.7 Å². The molecule has 0 radical (unpaired) electrons. The van der Waals surface area contributed by atoms with Crippen molar-refractivity contribution in [3.05, 3.63) is 41.9 Å². The van der Waals surface area contributed by atoms with Gasteiger partial charge in [0.05, 0.1) is 12.5 Å². The van der Waals surface area contributed by atoms with Crippen LogP contribution in [0.25, 0.3) is 5.78 Å². The third-order valence-electron chi connectivity index (χ3n) is 2.58. The van der Waals surface area contributed by atoms with E-state index in [1.807, 2.05) is 12.1 Å². The van der Waals surface area contributed by atoms with E-state index in [0.29, 0.717) is 12.2 Å². The maximum atomic E-state index is 10.7. The highest BCUT2D eigenvalue weighted by Crippen LogP contribution is 2.07. The Kier molecular flexibility index (Phi) is 2.36. The number of hydrogen-bond acceptors (Lipinski definition) is 4. The Balaban J connectivity index is 1.77. The molecule has 0 atom stereocenters. The monoisotopic (exact) mass is 246 g/mol. The first kappa shape index (κ1) is 10.6. The number of nitrogens with one attached hydrogen (secondary N) is 1. The smallest absolute Gasteiger partial charge is 0.356 e. The van der Waals surface area contributed by atoms with Gasteiger partial charge < -0.3 is 9.52 Å². The molecule has 7 nitrogen and oxygen atoms in total. The molecule has 3 aromatic rings. The largest absolute Gasteiger partial charge is 0.476 e. The summed E-state index contributed by atoms with van der Waals surface area (Å²) in [5.74, 6) is 0.925. The molecule has 7 heteroatoms. The van der Waals surface area contributed by atoms with Crippen molar-refractivity contribution in [2.24, 2.45) is 0 Å². The predicted molar refractivity (Wildman–Crippen MR) is 60.4 cm³/mol. The van der Waals surface area contributed by atoms with Crippen LogP contribution < -0.4 is 0 Å². The SMILES string of the molecule is O=C(O)c1cn2[nH]c(CCc3ccco3)nc2n1. The van der Waals surface area contributed by atoms with E-state index in [-0.39, 0.29) is 5.69 Å². The van der Waals surface area contributed by atoms with Crippen LogP contribution in [0.1, 0.15) is 22.1 Å². The number of carbonyl (C=O) groups is 1. The van der Waals surface area contributed by atoms with Gasteiger partial charge in [-0.1, -0.05) is 0 Å². The Morgan fingerprint density at radius 3 is 3.00 bits per heavy atom. The van der Waals surface area contributed by atoms with Crippen LogP contribution in [-0.2, 0) is 12.8 Å². The van der Waals surface area contributed by atoms with Crippen LogP contribution in [0.2, 0.25) is 0 Å². The fraction of sp³-hybridized carbons (Fsp3) is 0.182. The summed E-state index contributed by atoms with van der Waals surface area (Å²) in [5, 5.41) is 11.7. The molecular formula is C11H10N4O3. The van der Waals surface area contributed by atoms with E-state index in [0.717, 1.165) is 18.0 Å². The highest BCUT2D eigenvalue weighted by Gasteiger charge is 2.12. The molecule has 0 unspecified atom stereocenters. The van der Waals surface area contributed by atoms with Gasteiger partial charge in [-0.2, -0.15) is 4.98 Å². The molecule has 0 saturated carbocycles. The Labute approximate surface area is 101 Å². The number of imidazole rings is 1. The molecule has 0 amide bonds. The van der Waals surface area contributed by atoms with Gasteiger partial charge in [0.25, 0.3) is 5.78 Å². The third-order valence-corrected chi connectivity index (χ3v) is 2.58. The molecule has 18 heavy (non-hydrogen) atoms. The van der Waals surface area contributed by atoms with Gasteiger partial charge in [-0.25, -0.2) is 14.3 Å². The van der Waals surface area contributed by atoms with E-state index < -0.39 is 5.97 Å². The van der Waals surface area contributed by atoms with Gasteiger partial charge in [-0.3, -0.25) is 5.10 Å². The van der Waals surface area contributed by atoms with Crippen LogP contribution in [0, 0.1) is 0 Å². The number of aromatic carboxylic acids is 1. The summed E-state index contributed by atoms with van der Waals surface area (Å²) in [6, 6.07) is 3.74. The Morgan fingerprint density at radius 1 is 1.44 bits per heavy atom. The molecule has 0 spiro atoms. The summed E-state index contributed by atoms with van der Waals surface area (Å²) >= 11 is 0. The number of carboxylic acids is 1. The third kappa shape index (κ3) is 1.86. The van der Waals surface area contributed by atoms with Gasteiger partial charge >= 0.3 is 5.97 Å². The summed E-state index contributed by atoms with van der Waals surface area (Å²) in [6.07, 6.45) is 4.44. The Hall–Kier alpha value is -2.57. The number of aromatic nitrogens is 4. The molecule has 0 fully saturated rings. The van der Waals surface area contributed by atoms with Crippen molar-refractivity contribution in [2.75, 3.05) is 0 Å². The first-order valence-electron chi connectivity index (χ1n) is 5.42. The minimum atomic E-state index is -1.06. The van der Waals surface area contributed by atoms with Gasteiger partial charge in [0.15, 0.2) is 5.69 Å². The maximum Gasteiger partial charge on any atom is 0.356 e. The van der Waals surface area contributed by atoms with Crippen molar-refractivity contribution < 1.29 is 14.3 Å². The lowest BCUT2D eigenvalue weighted by Gasteiger charge is -1.93. The first-order chi connectivity index (χ1) is 8.72. The van der Waals surface area contributed by atoms with Crippen molar-refractivity contribution >= 4 is 11.7 Å². The molecular weight excluding hydrogens is 236 g/mol. The van der Waals surface area contributed by atoms with Crippen molar-refractivity contribution in [3.63, 3.8) is 0 Å². The molecule has 0 saturated heterocycles. The van der Waals surface area contributed by atoms with Crippen molar-refractivity contribution in [1.82, 2.24) is 19.6 Å². The fourth-order valence-electron chi connectivity index (χ4n) is 1.73. The molecule has 3 aromatic heterocycles. The topological polar surface area (TPSA) is 96.4 Å². The molecule has 0 bridgehead atoms. The van der Waals surface area contributed by atoms with Gasteiger partial charge in [0.2, 0.25) is 0 Å². The van der Waals surface area contributed by atoms with Crippen molar-refractivity contribution in [2.45, 2.75) is 12.8 Å². The summed E-state index contributed by atoms with van der Waals surface area (Å²) in [7, 11) is 0. The second-order valence-electron chi connectivity index (χ2n) is 3.85. The van der Waals surface area contributed by atoms with Crippen LogP contribution in [-0.4, -0.2) is 30.7 Å². The maximum absolute atomic E-state index is 10.7. The van der Waals surface area contributed by atoms with Crippen LogP contribution in [0.4, 0.5) is 0 Å². The van der Waals surface area contributed by atoms with Crippen molar-refractivity contribution in [3.8, 4) is 0 Å². The van der Waals surface area contributed by atoms with E-state index in [4.69, 9.17) is 9.52 Å². The number of furan rings is 1. The molecule has 92 valence electrons. The Bertz CT molecular complexity index is 649. The number of H-pyrrole nitrogens is 1. The zero-order valence-electron chi connectivity index (χ0n) is 9.33. The van der Waals surface area contributed by atoms with E-state index >= 15 is 0 Å². The lowest BCUT2D eigenvalue weighted by molar-refractivity contribution is 0.0691. The van der Waals surface area contributed by atoms with Crippen molar-refractivity contribution in [1.29, 1.82) is 0 Å². The highest BCUT2D eigenvalue weighted by atomic mass is 16.4. The summed E-state index contributed by atoms with van der Waals surface area (Å²) in [5.41, 5.74) is -0.0219. The fourth-order valence-corrected chi connectivity index (χ4v) is 1.73. The number of aryl methyl sites for hydroxylation is 2. The van der Waals surface area contributed by atoms with Crippen LogP contribution in [0.15, 0.2) is 29.0 Å². The molecule has 0 aromatic carbocycles. The lowest BCUT2D eigenvalue weighted by Crippen LogP contribution is -1.97. The average molecular weight is 246 g/mol. The van der Waals surface area contributed by atoms with Gasteiger partial charge in [-0.05, 0) is 12.1 Å². The first-order valence-corrected chi connectivity index (χ1v) is 5.42. The molecule has 0 aliphatic carbocycles. The van der Waals surface area contributed by atoms with Gasteiger partial charge in [0.1, 0.15) is 11.6 Å².